The predicted molar refractivity (Wildman–Crippen MR) is 100 cm³/mol. The van der Waals surface area contributed by atoms with Crippen molar-refractivity contribution >= 4 is 23.4 Å². The molecule has 3 unspecified atom stereocenters. The molecule has 5 atom stereocenters. The van der Waals surface area contributed by atoms with E-state index in [-0.39, 0.29) is 23.7 Å². The Morgan fingerprint density at radius 3 is 2.52 bits per heavy atom. The maximum absolute atomic E-state index is 12.5. The van der Waals surface area contributed by atoms with E-state index in [4.69, 9.17) is 17.3 Å². The number of rotatable bonds is 6. The molecule has 2 aromatic rings. The second-order valence-electron chi connectivity index (χ2n) is 7.47. The zero-order valence-corrected chi connectivity index (χ0v) is 15.8. The average molecular weight is 388 g/mol. The Morgan fingerprint density at radius 2 is 1.96 bits per heavy atom. The smallest absolute Gasteiger partial charge is 0.270 e. The number of hydrogen-bond acceptors (Lipinski definition) is 4. The zero-order valence-electron chi connectivity index (χ0n) is 15.0. The van der Waals surface area contributed by atoms with Crippen LogP contribution >= 0.6 is 11.6 Å². The van der Waals surface area contributed by atoms with Gasteiger partial charge in [0.1, 0.15) is 0 Å². The van der Waals surface area contributed by atoms with Crippen molar-refractivity contribution < 1.29 is 9.59 Å². The molecule has 2 fully saturated rings. The van der Waals surface area contributed by atoms with Crippen molar-refractivity contribution in [3.8, 4) is 0 Å². The van der Waals surface area contributed by atoms with Crippen LogP contribution in [0.5, 0.6) is 0 Å². The van der Waals surface area contributed by atoms with Gasteiger partial charge in [-0.15, -0.1) is 5.10 Å². The SMILES string of the molecule is CCC(NC(=O)c1ccc(Cl)cc1)C1[C@H]2CC(n3cc(C(N)=O)nn3)C[C@@H]12. The number of benzene rings is 1. The van der Waals surface area contributed by atoms with Crippen LogP contribution in [0.1, 0.15) is 53.1 Å². The molecule has 0 radical (unpaired) electrons. The van der Waals surface area contributed by atoms with Gasteiger partial charge in [0.15, 0.2) is 5.69 Å². The molecule has 142 valence electrons. The van der Waals surface area contributed by atoms with Gasteiger partial charge in [0.2, 0.25) is 0 Å². The summed E-state index contributed by atoms with van der Waals surface area (Å²) in [4.78, 5) is 23.7. The molecular weight excluding hydrogens is 366 g/mol. The number of carbonyl (C=O) groups excluding carboxylic acids is 2. The molecule has 0 spiro atoms. The molecule has 7 nitrogen and oxygen atoms in total. The maximum Gasteiger partial charge on any atom is 0.270 e. The van der Waals surface area contributed by atoms with Crippen LogP contribution in [0.4, 0.5) is 0 Å². The third kappa shape index (κ3) is 3.43. The highest BCUT2D eigenvalue weighted by Gasteiger charge is 2.59. The van der Waals surface area contributed by atoms with E-state index in [1.165, 1.54) is 0 Å². The Kier molecular flexibility index (Phi) is 4.63. The van der Waals surface area contributed by atoms with Gasteiger partial charge in [0, 0.05) is 16.6 Å². The van der Waals surface area contributed by atoms with E-state index < -0.39 is 5.91 Å². The van der Waals surface area contributed by atoms with Crippen LogP contribution in [0.15, 0.2) is 30.5 Å². The normalized spacial score (nSPS) is 27.0. The monoisotopic (exact) mass is 387 g/mol. The van der Waals surface area contributed by atoms with E-state index in [0.717, 1.165) is 19.3 Å². The van der Waals surface area contributed by atoms with Gasteiger partial charge in [0.05, 0.1) is 12.2 Å². The number of nitrogens with two attached hydrogens (primary N) is 1. The van der Waals surface area contributed by atoms with Crippen molar-refractivity contribution in [1.29, 1.82) is 0 Å². The van der Waals surface area contributed by atoms with Gasteiger partial charge in [-0.25, -0.2) is 4.68 Å². The summed E-state index contributed by atoms with van der Waals surface area (Å²) in [6, 6.07) is 7.37. The molecule has 2 saturated carbocycles. The number of primary amides is 1. The van der Waals surface area contributed by atoms with E-state index in [9.17, 15) is 9.59 Å². The molecule has 0 saturated heterocycles. The molecular formula is C19H22ClN5O2. The van der Waals surface area contributed by atoms with Crippen molar-refractivity contribution in [3.63, 3.8) is 0 Å². The molecule has 4 rings (SSSR count). The Hall–Kier alpha value is -2.41. The Morgan fingerprint density at radius 1 is 1.30 bits per heavy atom. The number of fused-ring (bicyclic) bond motifs is 1. The summed E-state index contributed by atoms with van der Waals surface area (Å²) < 4.78 is 1.76. The van der Waals surface area contributed by atoms with Crippen LogP contribution in [0.3, 0.4) is 0 Å². The molecule has 2 aliphatic rings. The number of nitrogens with one attached hydrogen (secondary N) is 1. The summed E-state index contributed by atoms with van der Waals surface area (Å²) >= 11 is 5.89. The molecule has 0 bridgehead atoms. The second kappa shape index (κ2) is 6.96. The fourth-order valence-electron chi connectivity index (χ4n) is 4.57. The third-order valence-corrected chi connectivity index (χ3v) is 6.20. The first-order chi connectivity index (χ1) is 13.0. The molecule has 1 aromatic heterocycles. The molecule has 1 aromatic carbocycles. The number of halogens is 1. The summed E-state index contributed by atoms with van der Waals surface area (Å²) in [5, 5.41) is 11.7. The summed E-state index contributed by atoms with van der Waals surface area (Å²) in [6.45, 7) is 2.11. The minimum Gasteiger partial charge on any atom is -0.364 e. The van der Waals surface area contributed by atoms with Crippen molar-refractivity contribution in [3.05, 3.63) is 46.7 Å². The first-order valence-electron chi connectivity index (χ1n) is 9.26. The number of amides is 2. The van der Waals surface area contributed by atoms with Crippen molar-refractivity contribution in [2.75, 3.05) is 0 Å². The zero-order chi connectivity index (χ0) is 19.1. The maximum atomic E-state index is 12.5. The van der Waals surface area contributed by atoms with Crippen LogP contribution in [0.2, 0.25) is 5.02 Å². The third-order valence-electron chi connectivity index (χ3n) is 5.95. The van der Waals surface area contributed by atoms with E-state index in [2.05, 4.69) is 22.6 Å². The number of hydrogen-bond donors (Lipinski definition) is 2. The average Bonchev–Trinajstić information content (AvgIpc) is 3.05. The first kappa shape index (κ1) is 18.0. The molecule has 2 amide bonds. The molecule has 8 heteroatoms. The van der Waals surface area contributed by atoms with Gasteiger partial charge in [0.25, 0.3) is 11.8 Å². The molecule has 27 heavy (non-hydrogen) atoms. The summed E-state index contributed by atoms with van der Waals surface area (Å²) in [5.74, 6) is 1.04. The minimum absolute atomic E-state index is 0.0533. The Bertz CT molecular complexity index is 853. The lowest BCUT2D eigenvalue weighted by Crippen LogP contribution is -2.37. The lowest BCUT2D eigenvalue weighted by Gasteiger charge is -2.21. The topological polar surface area (TPSA) is 103 Å². The lowest BCUT2D eigenvalue weighted by molar-refractivity contribution is 0.0926. The Balaban J connectivity index is 1.36. The van der Waals surface area contributed by atoms with Crippen LogP contribution in [0.25, 0.3) is 0 Å². The van der Waals surface area contributed by atoms with Gasteiger partial charge < -0.3 is 11.1 Å². The standard InChI is InChI=1S/C19H22ClN5O2/c1-2-15(22-19(27)10-3-5-11(20)6-4-10)17-13-7-12(8-14(13)17)25-9-16(18(21)26)23-24-25/h3-6,9,12-15,17H,2,7-8H2,1H3,(H2,21,26)(H,22,27)/t12?,13-,14+,15?,17?. The quantitative estimate of drug-likeness (QED) is 0.794. The summed E-state index contributed by atoms with van der Waals surface area (Å²) in [7, 11) is 0. The van der Waals surface area contributed by atoms with Gasteiger partial charge in [-0.05, 0) is 61.3 Å². The number of carbonyl (C=O) groups is 2. The summed E-state index contributed by atoms with van der Waals surface area (Å²) in [5.41, 5.74) is 6.07. The van der Waals surface area contributed by atoms with E-state index in [0.29, 0.717) is 28.3 Å². The van der Waals surface area contributed by atoms with Crippen LogP contribution in [0, 0.1) is 17.8 Å². The highest BCUT2D eigenvalue weighted by atomic mass is 35.5. The van der Waals surface area contributed by atoms with Crippen LogP contribution < -0.4 is 11.1 Å². The van der Waals surface area contributed by atoms with Crippen molar-refractivity contribution in [1.82, 2.24) is 20.3 Å². The second-order valence-corrected chi connectivity index (χ2v) is 7.91. The van der Waals surface area contributed by atoms with Gasteiger partial charge in [-0.3, -0.25) is 9.59 Å². The predicted octanol–water partition coefficient (Wildman–Crippen LogP) is 2.44. The van der Waals surface area contributed by atoms with E-state index in [1.807, 2.05) is 0 Å². The highest BCUT2D eigenvalue weighted by Crippen LogP contribution is 2.62. The van der Waals surface area contributed by atoms with Gasteiger partial charge in [-0.1, -0.05) is 23.7 Å². The van der Waals surface area contributed by atoms with E-state index >= 15 is 0 Å². The largest absolute Gasteiger partial charge is 0.364 e. The van der Waals surface area contributed by atoms with Crippen molar-refractivity contribution in [2.45, 2.75) is 38.3 Å². The fraction of sp³-hybridized carbons (Fsp3) is 0.474. The van der Waals surface area contributed by atoms with Gasteiger partial charge in [-0.2, -0.15) is 0 Å². The molecule has 3 N–H and O–H groups in total. The van der Waals surface area contributed by atoms with Crippen molar-refractivity contribution in [2.24, 2.45) is 23.5 Å². The summed E-state index contributed by atoms with van der Waals surface area (Å²) in [6.07, 6.45) is 4.51. The number of nitrogens with zero attached hydrogens (tertiary/aromatic N) is 3. The minimum atomic E-state index is -0.557. The molecule has 0 aliphatic heterocycles. The van der Waals surface area contributed by atoms with E-state index in [1.54, 1.807) is 35.1 Å². The number of aromatic nitrogens is 3. The molecule has 1 heterocycles. The fourth-order valence-corrected chi connectivity index (χ4v) is 4.69. The van der Waals surface area contributed by atoms with Crippen LogP contribution in [-0.4, -0.2) is 32.9 Å². The highest BCUT2D eigenvalue weighted by molar-refractivity contribution is 6.30. The van der Waals surface area contributed by atoms with Crippen LogP contribution in [-0.2, 0) is 0 Å². The molecule has 2 aliphatic carbocycles. The first-order valence-corrected chi connectivity index (χ1v) is 9.63. The van der Waals surface area contributed by atoms with Gasteiger partial charge >= 0.3 is 0 Å². The lowest BCUT2D eigenvalue weighted by atomic mass is 9.99. The Labute approximate surface area is 162 Å².